The van der Waals surface area contributed by atoms with Crippen LogP contribution in [0.5, 0.6) is 0 Å². The standard InChI is InChI=1S/C23H18ClN3O4/c24-19-10-6-16(7-11-19)14-21(23(29)25-15-17-4-2-1-3-5-17)26-22(28)18-8-12-20(13-9-18)27(30)31/h1-14H,15H2,(H,25,29)(H,26,28). The first kappa shape index (κ1) is 21.7. The quantitative estimate of drug-likeness (QED) is 0.327. The molecule has 0 heterocycles. The summed E-state index contributed by atoms with van der Waals surface area (Å²) in [6.45, 7) is 0.283. The minimum absolute atomic E-state index is 0.0293. The third kappa shape index (κ3) is 6.25. The van der Waals surface area contributed by atoms with Gasteiger partial charge in [-0.3, -0.25) is 19.7 Å². The number of nitrogens with zero attached hydrogens (tertiary/aromatic N) is 1. The van der Waals surface area contributed by atoms with Gasteiger partial charge in [0.1, 0.15) is 5.70 Å². The molecule has 2 amide bonds. The van der Waals surface area contributed by atoms with Crippen LogP contribution in [0.2, 0.25) is 5.02 Å². The zero-order valence-electron chi connectivity index (χ0n) is 16.2. The highest BCUT2D eigenvalue weighted by atomic mass is 35.5. The topological polar surface area (TPSA) is 101 Å². The number of nitrogens with one attached hydrogen (secondary N) is 2. The Hall–Kier alpha value is -3.97. The van der Waals surface area contributed by atoms with E-state index in [0.29, 0.717) is 10.6 Å². The molecule has 0 fully saturated rings. The third-order valence-corrected chi connectivity index (χ3v) is 4.56. The van der Waals surface area contributed by atoms with E-state index in [0.717, 1.165) is 5.56 Å². The Kier molecular flexibility index (Phi) is 7.13. The van der Waals surface area contributed by atoms with Gasteiger partial charge in [-0.05, 0) is 41.5 Å². The van der Waals surface area contributed by atoms with E-state index in [4.69, 9.17) is 11.6 Å². The van der Waals surface area contributed by atoms with Crippen LogP contribution in [0.3, 0.4) is 0 Å². The molecule has 156 valence electrons. The SMILES string of the molecule is O=C(NCc1ccccc1)C(=Cc1ccc(Cl)cc1)NC(=O)c1ccc([N+](=O)[O-])cc1. The predicted octanol–water partition coefficient (Wildman–Crippen LogP) is 4.34. The predicted molar refractivity (Wildman–Crippen MR) is 118 cm³/mol. The molecule has 0 bridgehead atoms. The van der Waals surface area contributed by atoms with Crippen LogP contribution in [0, 0.1) is 10.1 Å². The maximum atomic E-state index is 12.8. The first-order valence-corrected chi connectivity index (χ1v) is 9.65. The number of nitro benzene ring substituents is 1. The molecular formula is C23H18ClN3O4. The van der Waals surface area contributed by atoms with Crippen molar-refractivity contribution in [2.24, 2.45) is 0 Å². The molecule has 3 aromatic carbocycles. The molecule has 0 spiro atoms. The van der Waals surface area contributed by atoms with Gasteiger partial charge in [0.15, 0.2) is 0 Å². The summed E-state index contributed by atoms with van der Waals surface area (Å²) in [7, 11) is 0. The maximum Gasteiger partial charge on any atom is 0.269 e. The van der Waals surface area contributed by atoms with Crippen molar-refractivity contribution in [3.63, 3.8) is 0 Å². The van der Waals surface area contributed by atoms with Crippen LogP contribution in [0.4, 0.5) is 5.69 Å². The van der Waals surface area contributed by atoms with Crippen molar-refractivity contribution in [1.82, 2.24) is 10.6 Å². The van der Waals surface area contributed by atoms with E-state index in [9.17, 15) is 19.7 Å². The van der Waals surface area contributed by atoms with E-state index in [1.807, 2.05) is 30.3 Å². The number of nitro groups is 1. The normalized spacial score (nSPS) is 10.9. The van der Waals surface area contributed by atoms with Gasteiger partial charge in [0.25, 0.3) is 17.5 Å². The average molecular weight is 436 g/mol. The molecule has 0 aliphatic carbocycles. The average Bonchev–Trinajstić information content (AvgIpc) is 2.79. The molecule has 0 atom stereocenters. The van der Waals surface area contributed by atoms with Gasteiger partial charge in [0.05, 0.1) is 4.92 Å². The van der Waals surface area contributed by atoms with Crippen LogP contribution in [0.1, 0.15) is 21.5 Å². The van der Waals surface area contributed by atoms with Gasteiger partial charge in [-0.15, -0.1) is 0 Å². The first-order valence-electron chi connectivity index (χ1n) is 9.27. The highest BCUT2D eigenvalue weighted by molar-refractivity contribution is 6.30. The Labute approximate surface area is 183 Å². The summed E-state index contributed by atoms with van der Waals surface area (Å²) in [6, 6.07) is 21.2. The number of non-ortho nitro benzene ring substituents is 1. The highest BCUT2D eigenvalue weighted by Gasteiger charge is 2.16. The van der Waals surface area contributed by atoms with Crippen molar-refractivity contribution in [2.45, 2.75) is 6.54 Å². The van der Waals surface area contributed by atoms with Gasteiger partial charge in [0, 0.05) is 29.3 Å². The second kappa shape index (κ2) is 10.2. The van der Waals surface area contributed by atoms with E-state index in [1.165, 1.54) is 30.3 Å². The summed E-state index contributed by atoms with van der Waals surface area (Å²) in [5.74, 6) is -1.04. The summed E-state index contributed by atoms with van der Waals surface area (Å²) in [4.78, 5) is 35.7. The molecule has 8 heteroatoms. The number of amides is 2. The number of halogens is 1. The first-order chi connectivity index (χ1) is 14.9. The zero-order valence-corrected chi connectivity index (χ0v) is 17.0. The minimum atomic E-state index is -0.565. The molecule has 0 saturated carbocycles. The molecule has 3 aromatic rings. The van der Waals surface area contributed by atoms with E-state index < -0.39 is 16.7 Å². The van der Waals surface area contributed by atoms with Crippen molar-refractivity contribution < 1.29 is 14.5 Å². The Morgan fingerprint density at radius 3 is 2.19 bits per heavy atom. The molecule has 0 aliphatic rings. The fourth-order valence-corrected chi connectivity index (χ4v) is 2.81. The van der Waals surface area contributed by atoms with Crippen molar-refractivity contribution in [1.29, 1.82) is 0 Å². The summed E-state index contributed by atoms with van der Waals surface area (Å²) < 4.78 is 0. The van der Waals surface area contributed by atoms with Crippen LogP contribution in [-0.2, 0) is 11.3 Å². The monoisotopic (exact) mass is 435 g/mol. The van der Waals surface area contributed by atoms with E-state index in [-0.39, 0.29) is 23.5 Å². The van der Waals surface area contributed by atoms with Crippen LogP contribution < -0.4 is 10.6 Å². The van der Waals surface area contributed by atoms with Gasteiger partial charge in [-0.2, -0.15) is 0 Å². The Bertz CT molecular complexity index is 1110. The van der Waals surface area contributed by atoms with Gasteiger partial charge >= 0.3 is 0 Å². The van der Waals surface area contributed by atoms with Gasteiger partial charge < -0.3 is 10.6 Å². The molecule has 0 aliphatic heterocycles. The molecule has 0 unspecified atom stereocenters. The van der Waals surface area contributed by atoms with E-state index in [2.05, 4.69) is 10.6 Å². The van der Waals surface area contributed by atoms with Crippen molar-refractivity contribution in [3.05, 3.63) is 116 Å². The molecule has 2 N–H and O–H groups in total. The Balaban J connectivity index is 1.80. The number of hydrogen-bond acceptors (Lipinski definition) is 4. The highest BCUT2D eigenvalue weighted by Crippen LogP contribution is 2.14. The van der Waals surface area contributed by atoms with Crippen LogP contribution in [0.25, 0.3) is 6.08 Å². The molecule has 0 saturated heterocycles. The molecule has 0 aromatic heterocycles. The smallest absolute Gasteiger partial charge is 0.269 e. The van der Waals surface area contributed by atoms with Crippen LogP contribution >= 0.6 is 11.6 Å². The molecule has 0 radical (unpaired) electrons. The number of carbonyl (C=O) groups excluding carboxylic acids is 2. The second-order valence-electron chi connectivity index (χ2n) is 6.54. The van der Waals surface area contributed by atoms with Gasteiger partial charge in [-0.25, -0.2) is 0 Å². The van der Waals surface area contributed by atoms with Crippen molar-refractivity contribution in [3.8, 4) is 0 Å². The van der Waals surface area contributed by atoms with Gasteiger partial charge in [0.2, 0.25) is 0 Å². The number of rotatable bonds is 7. The number of benzene rings is 3. The summed E-state index contributed by atoms with van der Waals surface area (Å²) >= 11 is 5.91. The van der Waals surface area contributed by atoms with E-state index >= 15 is 0 Å². The Morgan fingerprint density at radius 1 is 0.935 bits per heavy atom. The lowest BCUT2D eigenvalue weighted by Crippen LogP contribution is -2.34. The molecule has 3 rings (SSSR count). The zero-order chi connectivity index (χ0) is 22.2. The third-order valence-electron chi connectivity index (χ3n) is 4.31. The summed E-state index contributed by atoms with van der Waals surface area (Å²) in [5, 5.41) is 16.7. The van der Waals surface area contributed by atoms with Gasteiger partial charge in [-0.1, -0.05) is 54.1 Å². The largest absolute Gasteiger partial charge is 0.347 e. The minimum Gasteiger partial charge on any atom is -0.347 e. The second-order valence-corrected chi connectivity index (χ2v) is 6.97. The summed E-state index contributed by atoms with van der Waals surface area (Å²) in [6.07, 6.45) is 1.53. The molecule has 7 nitrogen and oxygen atoms in total. The van der Waals surface area contributed by atoms with Crippen molar-refractivity contribution >= 4 is 35.2 Å². The molecular weight excluding hydrogens is 418 g/mol. The van der Waals surface area contributed by atoms with Crippen LogP contribution in [0.15, 0.2) is 84.6 Å². The lowest BCUT2D eigenvalue weighted by atomic mass is 10.1. The Morgan fingerprint density at radius 2 is 1.58 bits per heavy atom. The lowest BCUT2D eigenvalue weighted by Gasteiger charge is -2.11. The maximum absolute atomic E-state index is 12.8. The molecule has 31 heavy (non-hydrogen) atoms. The lowest BCUT2D eigenvalue weighted by molar-refractivity contribution is -0.384. The van der Waals surface area contributed by atoms with Crippen molar-refractivity contribution in [2.75, 3.05) is 0 Å². The number of hydrogen-bond donors (Lipinski definition) is 2. The number of carbonyl (C=O) groups is 2. The fourth-order valence-electron chi connectivity index (χ4n) is 2.69. The fraction of sp³-hybridized carbons (Fsp3) is 0.0435. The van der Waals surface area contributed by atoms with E-state index in [1.54, 1.807) is 24.3 Å². The van der Waals surface area contributed by atoms with Crippen LogP contribution in [-0.4, -0.2) is 16.7 Å². The summed E-state index contributed by atoms with van der Waals surface area (Å²) in [5.41, 5.74) is 1.65.